The molecule has 0 unspecified atom stereocenters. The number of halogens is 4. The molecule has 0 atom stereocenters. The summed E-state index contributed by atoms with van der Waals surface area (Å²) in [5, 5.41) is 12.1. The summed E-state index contributed by atoms with van der Waals surface area (Å²) in [7, 11) is 0. The van der Waals surface area contributed by atoms with E-state index in [0.717, 1.165) is 6.07 Å². The molecule has 0 bridgehead atoms. The van der Waals surface area contributed by atoms with Crippen molar-refractivity contribution in [2.75, 3.05) is 24.2 Å². The van der Waals surface area contributed by atoms with Crippen molar-refractivity contribution in [3.05, 3.63) is 55.2 Å². The number of aliphatic hydroxyl groups excluding tert-OH is 1. The minimum atomic E-state index is -0.551. The molecule has 0 heterocycles. The van der Waals surface area contributed by atoms with Gasteiger partial charge in [0, 0.05) is 23.2 Å². The van der Waals surface area contributed by atoms with Crippen molar-refractivity contribution in [3.63, 3.8) is 0 Å². The molecule has 0 aliphatic heterocycles. The summed E-state index contributed by atoms with van der Waals surface area (Å²) in [5.41, 5.74) is 7.33. The lowest BCUT2D eigenvalue weighted by molar-refractivity contribution is 0.103. The summed E-state index contributed by atoms with van der Waals surface area (Å²) in [5.74, 6) is -1.00. The fourth-order valence-electron chi connectivity index (χ4n) is 2.10. The zero-order chi connectivity index (χ0) is 17.9. The fraction of sp³-hybridized carbons (Fsp3) is 0.188. The van der Waals surface area contributed by atoms with Gasteiger partial charge in [-0.2, -0.15) is 0 Å². The van der Waals surface area contributed by atoms with Crippen LogP contribution in [0.1, 0.15) is 22.3 Å². The normalized spacial score (nSPS) is 10.7. The number of anilines is 2. The Hall–Kier alpha value is -1.15. The van der Waals surface area contributed by atoms with E-state index >= 15 is 0 Å². The molecule has 0 spiro atoms. The van der Waals surface area contributed by atoms with Crippen molar-refractivity contribution in [1.29, 1.82) is 0 Å². The minimum absolute atomic E-state index is 0.0541. The number of nitrogens with one attached hydrogen (secondary N) is 1. The van der Waals surface area contributed by atoms with Gasteiger partial charge in [-0.15, -0.1) is 0 Å². The van der Waals surface area contributed by atoms with E-state index in [1.165, 1.54) is 12.1 Å². The van der Waals surface area contributed by atoms with Crippen LogP contribution in [0.4, 0.5) is 15.8 Å². The first-order chi connectivity index (χ1) is 11.4. The van der Waals surface area contributed by atoms with E-state index in [4.69, 9.17) is 22.4 Å². The number of hydrogen-bond acceptors (Lipinski definition) is 4. The summed E-state index contributed by atoms with van der Waals surface area (Å²) >= 11 is 12.7. The summed E-state index contributed by atoms with van der Waals surface area (Å²) in [6.07, 6.45) is 0.564. The topological polar surface area (TPSA) is 75.3 Å². The molecule has 24 heavy (non-hydrogen) atoms. The van der Waals surface area contributed by atoms with Crippen LogP contribution in [-0.4, -0.2) is 24.0 Å². The molecule has 0 saturated carbocycles. The first-order valence-electron chi connectivity index (χ1n) is 6.98. The first-order valence-corrected chi connectivity index (χ1v) is 8.95. The Morgan fingerprint density at radius 1 is 1.33 bits per heavy atom. The summed E-state index contributed by atoms with van der Waals surface area (Å²) in [6.45, 7) is 0.590. The average Bonchev–Trinajstić information content (AvgIpc) is 2.54. The van der Waals surface area contributed by atoms with Crippen LogP contribution in [0.2, 0.25) is 5.02 Å². The molecule has 0 aromatic heterocycles. The molecule has 2 rings (SSSR count). The molecule has 0 saturated heterocycles. The SMILES string of the molecule is Nc1c(NCCCO)cc(Br)c(C(=O)c2cc(F)ccc2Cl)c1Br. The molecule has 4 nitrogen and oxygen atoms in total. The number of ketones is 1. The second-order valence-electron chi connectivity index (χ2n) is 4.97. The van der Waals surface area contributed by atoms with E-state index in [1.54, 1.807) is 6.07 Å². The predicted molar refractivity (Wildman–Crippen MR) is 101 cm³/mol. The second kappa shape index (κ2) is 8.29. The third-order valence-electron chi connectivity index (χ3n) is 3.31. The van der Waals surface area contributed by atoms with Crippen LogP contribution in [0, 0.1) is 5.82 Å². The largest absolute Gasteiger partial charge is 0.396 e. The number of aliphatic hydroxyl groups is 1. The lowest BCUT2D eigenvalue weighted by Gasteiger charge is -2.15. The maximum atomic E-state index is 13.5. The molecule has 0 aliphatic rings. The van der Waals surface area contributed by atoms with Crippen molar-refractivity contribution >= 4 is 60.6 Å². The number of rotatable bonds is 6. The Morgan fingerprint density at radius 3 is 2.71 bits per heavy atom. The molecular formula is C16H14Br2ClFN2O2. The smallest absolute Gasteiger partial charge is 0.196 e. The van der Waals surface area contributed by atoms with Gasteiger partial charge in [-0.3, -0.25) is 4.79 Å². The summed E-state index contributed by atoms with van der Waals surface area (Å²) < 4.78 is 14.3. The van der Waals surface area contributed by atoms with Crippen molar-refractivity contribution in [1.82, 2.24) is 0 Å². The van der Waals surface area contributed by atoms with Crippen molar-refractivity contribution < 1.29 is 14.3 Å². The predicted octanol–water partition coefficient (Wildman–Crippen LogP) is 4.61. The first kappa shape index (κ1) is 19.2. The lowest BCUT2D eigenvalue weighted by Crippen LogP contribution is -2.10. The van der Waals surface area contributed by atoms with Crippen molar-refractivity contribution in [3.8, 4) is 0 Å². The molecule has 2 aromatic carbocycles. The van der Waals surface area contributed by atoms with Crippen molar-refractivity contribution in [2.45, 2.75) is 6.42 Å². The highest BCUT2D eigenvalue weighted by Crippen LogP contribution is 2.38. The standard InChI is InChI=1S/C16H14Br2ClFN2O2/c17-10-7-12(22-4-1-5-23)15(21)14(18)13(10)16(24)9-6-8(20)2-3-11(9)19/h2-3,6-7,22-23H,1,4-5,21H2. The number of nitrogens with two attached hydrogens (primary N) is 1. The zero-order valence-corrected chi connectivity index (χ0v) is 16.3. The highest BCUT2D eigenvalue weighted by molar-refractivity contribution is 9.11. The van der Waals surface area contributed by atoms with Crippen molar-refractivity contribution in [2.24, 2.45) is 0 Å². The molecule has 0 radical (unpaired) electrons. The van der Waals surface area contributed by atoms with E-state index in [2.05, 4.69) is 37.2 Å². The second-order valence-corrected chi connectivity index (χ2v) is 7.02. The summed E-state index contributed by atoms with van der Waals surface area (Å²) in [4.78, 5) is 12.8. The van der Waals surface area contributed by atoms with Crippen LogP contribution < -0.4 is 11.1 Å². The van der Waals surface area contributed by atoms with Crippen LogP contribution in [0.25, 0.3) is 0 Å². The van der Waals surface area contributed by atoms with Gasteiger partial charge in [0.1, 0.15) is 5.82 Å². The van der Waals surface area contributed by atoms with E-state index in [9.17, 15) is 9.18 Å². The van der Waals surface area contributed by atoms with E-state index in [0.29, 0.717) is 33.3 Å². The number of carbonyl (C=O) groups is 1. The average molecular weight is 481 g/mol. The minimum Gasteiger partial charge on any atom is -0.396 e. The van der Waals surface area contributed by atoms with Gasteiger partial charge < -0.3 is 16.2 Å². The Bertz CT molecular complexity index is 787. The summed E-state index contributed by atoms with van der Waals surface area (Å²) in [6, 6.07) is 5.27. The number of hydrogen-bond donors (Lipinski definition) is 3. The lowest BCUT2D eigenvalue weighted by atomic mass is 10.0. The number of nitrogen functional groups attached to an aromatic ring is 1. The maximum Gasteiger partial charge on any atom is 0.196 e. The Kier molecular flexibility index (Phi) is 6.62. The zero-order valence-electron chi connectivity index (χ0n) is 12.4. The van der Waals surface area contributed by atoms with Gasteiger partial charge in [0.05, 0.1) is 26.4 Å². The Morgan fingerprint density at radius 2 is 2.04 bits per heavy atom. The van der Waals surface area contributed by atoms with Crippen LogP contribution in [0.5, 0.6) is 0 Å². The van der Waals surface area contributed by atoms with Gasteiger partial charge >= 0.3 is 0 Å². The third kappa shape index (κ3) is 4.08. The van der Waals surface area contributed by atoms with Crippen LogP contribution in [0.15, 0.2) is 33.2 Å². The van der Waals surface area contributed by atoms with Gasteiger partial charge in [-0.1, -0.05) is 11.6 Å². The van der Waals surface area contributed by atoms with E-state index in [-0.39, 0.29) is 22.8 Å². The Balaban J connectivity index is 2.45. The molecule has 0 fully saturated rings. The molecular weight excluding hydrogens is 466 g/mol. The maximum absolute atomic E-state index is 13.5. The number of benzene rings is 2. The van der Waals surface area contributed by atoms with Gasteiger partial charge in [0.2, 0.25) is 0 Å². The molecule has 0 aliphatic carbocycles. The molecule has 128 valence electrons. The third-order valence-corrected chi connectivity index (χ3v) is 5.09. The van der Waals surface area contributed by atoms with E-state index in [1.807, 2.05) is 0 Å². The van der Waals surface area contributed by atoms with Crippen LogP contribution in [-0.2, 0) is 0 Å². The van der Waals surface area contributed by atoms with Gasteiger partial charge in [-0.25, -0.2) is 4.39 Å². The number of carbonyl (C=O) groups excluding carboxylic acids is 1. The molecule has 4 N–H and O–H groups in total. The fourth-order valence-corrected chi connectivity index (χ4v) is 3.78. The van der Waals surface area contributed by atoms with E-state index < -0.39 is 11.6 Å². The van der Waals surface area contributed by atoms with Gasteiger partial charge in [-0.05, 0) is 62.5 Å². The monoisotopic (exact) mass is 478 g/mol. The highest BCUT2D eigenvalue weighted by Gasteiger charge is 2.22. The molecule has 8 heteroatoms. The Labute approximate surface area is 160 Å². The van der Waals surface area contributed by atoms with Crippen LogP contribution in [0.3, 0.4) is 0 Å². The van der Waals surface area contributed by atoms with Gasteiger partial charge in [0.15, 0.2) is 5.78 Å². The van der Waals surface area contributed by atoms with Crippen LogP contribution >= 0.6 is 43.5 Å². The molecule has 2 aromatic rings. The quantitative estimate of drug-likeness (QED) is 0.321. The highest BCUT2D eigenvalue weighted by atomic mass is 79.9. The van der Waals surface area contributed by atoms with Gasteiger partial charge in [0.25, 0.3) is 0 Å². The molecule has 0 amide bonds.